The lowest BCUT2D eigenvalue weighted by molar-refractivity contribution is 0.0337. The van der Waals surface area contributed by atoms with Crippen LogP contribution >= 0.6 is 0 Å². The van der Waals surface area contributed by atoms with Crippen molar-refractivity contribution in [3.8, 4) is 5.88 Å². The van der Waals surface area contributed by atoms with Gasteiger partial charge in [-0.2, -0.15) is 0 Å². The van der Waals surface area contributed by atoms with E-state index in [1.165, 1.54) is 12.3 Å². The number of amides is 1. The minimum absolute atomic E-state index is 0.0198. The number of halogens is 2. The predicted octanol–water partition coefficient (Wildman–Crippen LogP) is 2.35. The number of nitrogens with zero attached hydrogens (tertiary/aromatic N) is 2. The quantitative estimate of drug-likeness (QED) is 0.871. The molecule has 0 spiro atoms. The van der Waals surface area contributed by atoms with Crippen molar-refractivity contribution < 1.29 is 23.4 Å². The van der Waals surface area contributed by atoms with Gasteiger partial charge in [0, 0.05) is 37.5 Å². The highest BCUT2D eigenvalue weighted by atomic mass is 19.3. The fourth-order valence-corrected chi connectivity index (χ4v) is 2.76. The van der Waals surface area contributed by atoms with Gasteiger partial charge in [-0.15, -0.1) is 0 Å². The van der Waals surface area contributed by atoms with E-state index in [1.807, 2.05) is 6.92 Å². The summed E-state index contributed by atoms with van der Waals surface area (Å²) in [5.74, 6) is -0.150. The van der Waals surface area contributed by atoms with Crippen molar-refractivity contribution in [2.45, 2.75) is 32.6 Å². The van der Waals surface area contributed by atoms with Crippen molar-refractivity contribution in [3.63, 3.8) is 0 Å². The van der Waals surface area contributed by atoms with Crippen LogP contribution in [0.2, 0.25) is 0 Å². The summed E-state index contributed by atoms with van der Waals surface area (Å²) in [7, 11) is 0. The fourth-order valence-electron chi connectivity index (χ4n) is 2.76. The third-order valence-corrected chi connectivity index (χ3v) is 4.54. The third kappa shape index (κ3) is 4.37. The Bertz CT molecular complexity index is 526. The van der Waals surface area contributed by atoms with Gasteiger partial charge in [0.15, 0.2) is 6.61 Å². The van der Waals surface area contributed by atoms with Crippen LogP contribution in [0.3, 0.4) is 0 Å². The highest BCUT2D eigenvalue weighted by Gasteiger charge is 2.34. The molecule has 128 valence electrons. The number of aromatic nitrogens is 1. The van der Waals surface area contributed by atoms with E-state index in [9.17, 15) is 18.7 Å². The number of hydrogen-bond donors (Lipinski definition) is 1. The molecule has 0 bridgehead atoms. The molecule has 1 saturated heterocycles. The maximum absolute atomic E-state index is 12.5. The Morgan fingerprint density at radius 1 is 1.48 bits per heavy atom. The van der Waals surface area contributed by atoms with Crippen molar-refractivity contribution >= 4 is 5.91 Å². The average Bonchev–Trinajstić information content (AvgIpc) is 2.59. The van der Waals surface area contributed by atoms with Crippen LogP contribution in [-0.4, -0.2) is 53.6 Å². The zero-order valence-electron chi connectivity index (χ0n) is 13.2. The first kappa shape index (κ1) is 17.6. The summed E-state index contributed by atoms with van der Waals surface area (Å²) in [5.41, 5.74) is 0.276. The molecule has 0 aliphatic carbocycles. The van der Waals surface area contributed by atoms with Gasteiger partial charge < -0.3 is 14.7 Å². The Balaban J connectivity index is 2.00. The van der Waals surface area contributed by atoms with Gasteiger partial charge in [-0.1, -0.05) is 6.92 Å². The number of piperidine rings is 1. The van der Waals surface area contributed by atoms with Gasteiger partial charge in [0.25, 0.3) is 12.3 Å². The van der Waals surface area contributed by atoms with E-state index in [0.717, 1.165) is 19.3 Å². The monoisotopic (exact) mass is 328 g/mol. The molecule has 1 aromatic heterocycles. The molecule has 7 heteroatoms. The second kappa shape index (κ2) is 7.68. The SMILES string of the molecule is CCC1(CO)CCN(C(=O)c2ccnc(OCC(F)F)c2)CC1. The van der Waals surface area contributed by atoms with Crippen LogP contribution in [0.5, 0.6) is 5.88 Å². The maximum atomic E-state index is 12.5. The molecule has 0 unspecified atom stereocenters. The molecule has 1 amide bonds. The molecule has 1 fully saturated rings. The standard InChI is InChI=1S/C16H22F2N2O3/c1-2-16(11-21)4-7-20(8-5-16)15(22)12-3-6-19-14(9-12)23-10-13(17)18/h3,6,9,13,21H,2,4-5,7-8,10-11H2,1H3. The summed E-state index contributed by atoms with van der Waals surface area (Å²) >= 11 is 0. The Kier molecular flexibility index (Phi) is 5.87. The minimum atomic E-state index is -2.58. The van der Waals surface area contributed by atoms with Gasteiger partial charge in [-0.3, -0.25) is 4.79 Å². The molecule has 0 saturated carbocycles. The van der Waals surface area contributed by atoms with Crippen molar-refractivity contribution in [1.29, 1.82) is 0 Å². The number of hydrogen-bond acceptors (Lipinski definition) is 4. The number of rotatable bonds is 6. The lowest BCUT2D eigenvalue weighted by Gasteiger charge is -2.40. The van der Waals surface area contributed by atoms with Crippen LogP contribution in [0.25, 0.3) is 0 Å². The molecule has 0 atom stereocenters. The van der Waals surface area contributed by atoms with Crippen LogP contribution in [0.4, 0.5) is 8.78 Å². The van der Waals surface area contributed by atoms with Gasteiger partial charge in [0.2, 0.25) is 5.88 Å². The summed E-state index contributed by atoms with van der Waals surface area (Å²) in [5, 5.41) is 9.53. The van der Waals surface area contributed by atoms with Crippen molar-refractivity contribution in [2.75, 3.05) is 26.3 Å². The number of alkyl halides is 2. The second-order valence-electron chi connectivity index (χ2n) is 5.89. The number of aliphatic hydroxyl groups is 1. The number of pyridine rings is 1. The average molecular weight is 328 g/mol. The molecule has 2 rings (SSSR count). The van der Waals surface area contributed by atoms with Crippen LogP contribution in [-0.2, 0) is 0 Å². The summed E-state index contributed by atoms with van der Waals surface area (Å²) in [6, 6.07) is 2.93. The molecule has 23 heavy (non-hydrogen) atoms. The predicted molar refractivity (Wildman–Crippen MR) is 80.7 cm³/mol. The van der Waals surface area contributed by atoms with Gasteiger partial charge in [0.1, 0.15) is 0 Å². The van der Waals surface area contributed by atoms with Gasteiger partial charge in [0.05, 0.1) is 0 Å². The summed E-state index contributed by atoms with van der Waals surface area (Å²) in [6.07, 6.45) is 1.19. The Morgan fingerprint density at radius 2 is 2.17 bits per heavy atom. The highest BCUT2D eigenvalue weighted by molar-refractivity contribution is 5.94. The van der Waals surface area contributed by atoms with Gasteiger partial charge >= 0.3 is 0 Å². The lowest BCUT2D eigenvalue weighted by Crippen LogP contribution is -2.44. The molecule has 1 aliphatic heterocycles. The zero-order chi connectivity index (χ0) is 16.9. The summed E-state index contributed by atoms with van der Waals surface area (Å²) in [6.45, 7) is 2.57. The molecule has 1 aromatic rings. The number of ether oxygens (including phenoxy) is 1. The molecular weight excluding hydrogens is 306 g/mol. The first-order valence-corrected chi connectivity index (χ1v) is 7.77. The highest BCUT2D eigenvalue weighted by Crippen LogP contribution is 2.34. The largest absolute Gasteiger partial charge is 0.472 e. The first-order chi connectivity index (χ1) is 11.0. The van der Waals surface area contributed by atoms with E-state index < -0.39 is 13.0 Å². The smallest absolute Gasteiger partial charge is 0.272 e. The normalized spacial score (nSPS) is 17.3. The Labute approximate surface area is 134 Å². The number of likely N-dealkylation sites (tertiary alicyclic amines) is 1. The number of carbonyl (C=O) groups excluding carboxylic acids is 1. The third-order valence-electron chi connectivity index (χ3n) is 4.54. The van der Waals surface area contributed by atoms with E-state index in [0.29, 0.717) is 18.7 Å². The van der Waals surface area contributed by atoms with E-state index >= 15 is 0 Å². The van der Waals surface area contributed by atoms with Crippen LogP contribution in [0, 0.1) is 5.41 Å². The second-order valence-corrected chi connectivity index (χ2v) is 5.89. The molecule has 0 aromatic carbocycles. The van der Waals surface area contributed by atoms with E-state index in [4.69, 9.17) is 4.74 Å². The van der Waals surface area contributed by atoms with Crippen molar-refractivity contribution in [3.05, 3.63) is 23.9 Å². The van der Waals surface area contributed by atoms with E-state index in [2.05, 4.69) is 4.98 Å². The maximum Gasteiger partial charge on any atom is 0.272 e. The number of aliphatic hydroxyl groups excluding tert-OH is 1. The molecular formula is C16H22F2N2O3. The summed E-state index contributed by atoms with van der Waals surface area (Å²) in [4.78, 5) is 18.1. The van der Waals surface area contributed by atoms with Crippen molar-refractivity contribution in [1.82, 2.24) is 9.88 Å². The topological polar surface area (TPSA) is 62.7 Å². The van der Waals surface area contributed by atoms with Gasteiger partial charge in [-0.25, -0.2) is 13.8 Å². The van der Waals surface area contributed by atoms with Crippen LogP contribution < -0.4 is 4.74 Å². The molecule has 0 radical (unpaired) electrons. The van der Waals surface area contributed by atoms with E-state index in [-0.39, 0.29) is 23.8 Å². The fraction of sp³-hybridized carbons (Fsp3) is 0.625. The molecule has 2 heterocycles. The lowest BCUT2D eigenvalue weighted by atomic mass is 9.77. The first-order valence-electron chi connectivity index (χ1n) is 7.77. The Morgan fingerprint density at radius 3 is 2.74 bits per heavy atom. The zero-order valence-corrected chi connectivity index (χ0v) is 13.2. The minimum Gasteiger partial charge on any atom is -0.472 e. The van der Waals surface area contributed by atoms with Gasteiger partial charge in [-0.05, 0) is 30.7 Å². The van der Waals surface area contributed by atoms with E-state index in [1.54, 1.807) is 11.0 Å². The van der Waals surface area contributed by atoms with Crippen LogP contribution in [0.1, 0.15) is 36.5 Å². The molecule has 1 aliphatic rings. The van der Waals surface area contributed by atoms with Crippen LogP contribution in [0.15, 0.2) is 18.3 Å². The Hall–Kier alpha value is -1.76. The molecule has 1 N–H and O–H groups in total. The van der Waals surface area contributed by atoms with Crippen molar-refractivity contribution in [2.24, 2.45) is 5.41 Å². The summed E-state index contributed by atoms with van der Waals surface area (Å²) < 4.78 is 29.2. The molecule has 5 nitrogen and oxygen atoms in total. The number of carbonyl (C=O) groups is 1.